The zero-order chi connectivity index (χ0) is 23.5. The Kier molecular flexibility index (Phi) is 6.76. The molecule has 8 heteroatoms. The monoisotopic (exact) mass is 521 g/mol. The molecule has 0 aliphatic carbocycles. The minimum atomic E-state index is -0.401. The molecule has 33 heavy (non-hydrogen) atoms. The van der Waals surface area contributed by atoms with Crippen molar-refractivity contribution < 1.29 is 14.7 Å². The van der Waals surface area contributed by atoms with E-state index in [4.69, 9.17) is 0 Å². The molecule has 0 radical (unpaired) electrons. The van der Waals surface area contributed by atoms with Crippen molar-refractivity contribution in [2.75, 3.05) is 0 Å². The predicted molar refractivity (Wildman–Crippen MR) is 134 cm³/mol. The van der Waals surface area contributed by atoms with Crippen LogP contribution < -0.4 is 0 Å². The molecule has 1 heterocycles. The normalized spacial score (nSPS) is 15.2. The van der Waals surface area contributed by atoms with Gasteiger partial charge in [0.15, 0.2) is 0 Å². The molecule has 3 aromatic rings. The van der Waals surface area contributed by atoms with Gasteiger partial charge in [0.1, 0.15) is 5.75 Å². The first kappa shape index (κ1) is 22.9. The maximum absolute atomic E-state index is 12.9. The van der Waals surface area contributed by atoms with Crippen molar-refractivity contribution in [1.82, 2.24) is 4.90 Å². The van der Waals surface area contributed by atoms with Gasteiger partial charge in [0.25, 0.3) is 11.1 Å². The third kappa shape index (κ3) is 5.23. The minimum Gasteiger partial charge on any atom is -0.507 e. The number of imide groups is 1. The number of azo groups is 1. The molecule has 6 nitrogen and oxygen atoms in total. The van der Waals surface area contributed by atoms with Crippen LogP contribution >= 0.6 is 27.7 Å². The summed E-state index contributed by atoms with van der Waals surface area (Å²) in [5.74, 6) is -0.417. The van der Waals surface area contributed by atoms with Gasteiger partial charge in [-0.15, -0.1) is 0 Å². The van der Waals surface area contributed by atoms with Crippen molar-refractivity contribution in [1.29, 1.82) is 0 Å². The lowest BCUT2D eigenvalue weighted by atomic mass is 10.1. The number of hydrogen-bond donors (Lipinski definition) is 1. The average Bonchev–Trinajstić information content (AvgIpc) is 3.05. The highest BCUT2D eigenvalue weighted by atomic mass is 79.9. The van der Waals surface area contributed by atoms with Crippen LogP contribution in [0.4, 0.5) is 16.2 Å². The number of phenols is 1. The van der Waals surface area contributed by atoms with E-state index in [1.807, 2.05) is 56.3 Å². The van der Waals surface area contributed by atoms with Gasteiger partial charge in [-0.2, -0.15) is 10.2 Å². The molecule has 1 aliphatic heterocycles. The fourth-order valence-corrected chi connectivity index (χ4v) is 4.44. The summed E-state index contributed by atoms with van der Waals surface area (Å²) >= 11 is 4.29. The fraction of sp³-hybridized carbons (Fsp3) is 0.120. The standard InChI is InChI=1S/C25H20BrN3O3S/c1-15-7-8-19(11-16(15)2)27-28-20-9-10-22(30)18(12-20)13-23-24(31)29(25(32)33-23)14-17-5-3-4-6-21(17)26/h3-13,30H,14H2,1-2H3/b23-13-,28-27?. The van der Waals surface area contributed by atoms with E-state index in [0.29, 0.717) is 11.3 Å². The molecule has 2 amide bonds. The lowest BCUT2D eigenvalue weighted by Gasteiger charge is -2.13. The molecule has 1 N–H and O–H groups in total. The van der Waals surface area contributed by atoms with Crippen molar-refractivity contribution >= 4 is 56.3 Å². The van der Waals surface area contributed by atoms with Crippen LogP contribution in [0.2, 0.25) is 0 Å². The van der Waals surface area contributed by atoms with Gasteiger partial charge < -0.3 is 5.11 Å². The maximum Gasteiger partial charge on any atom is 0.293 e. The predicted octanol–water partition coefficient (Wildman–Crippen LogP) is 7.42. The van der Waals surface area contributed by atoms with E-state index in [0.717, 1.165) is 33.0 Å². The third-order valence-corrected chi connectivity index (χ3v) is 6.91. The number of carbonyl (C=O) groups excluding carboxylic acids is 2. The highest BCUT2D eigenvalue weighted by Crippen LogP contribution is 2.36. The average molecular weight is 522 g/mol. The van der Waals surface area contributed by atoms with Gasteiger partial charge in [-0.1, -0.05) is 40.2 Å². The van der Waals surface area contributed by atoms with Gasteiger partial charge in [-0.3, -0.25) is 14.5 Å². The van der Waals surface area contributed by atoms with E-state index in [2.05, 4.69) is 26.2 Å². The molecule has 1 saturated heterocycles. The van der Waals surface area contributed by atoms with Crippen LogP contribution in [0.5, 0.6) is 5.75 Å². The molecule has 0 spiro atoms. The van der Waals surface area contributed by atoms with Gasteiger partial charge in [0.2, 0.25) is 0 Å². The zero-order valence-electron chi connectivity index (χ0n) is 17.9. The Bertz CT molecular complexity index is 1320. The van der Waals surface area contributed by atoms with E-state index >= 15 is 0 Å². The second-order valence-corrected chi connectivity index (χ2v) is 9.42. The Morgan fingerprint density at radius 3 is 2.39 bits per heavy atom. The number of nitrogens with zero attached hydrogens (tertiary/aromatic N) is 3. The van der Waals surface area contributed by atoms with Crippen LogP contribution in [-0.4, -0.2) is 21.2 Å². The summed E-state index contributed by atoms with van der Waals surface area (Å²) in [6, 6.07) is 18.0. The molecule has 0 aromatic heterocycles. The first-order valence-corrected chi connectivity index (χ1v) is 11.7. The van der Waals surface area contributed by atoms with Crippen LogP contribution in [0.25, 0.3) is 6.08 Å². The van der Waals surface area contributed by atoms with E-state index in [9.17, 15) is 14.7 Å². The van der Waals surface area contributed by atoms with E-state index in [1.54, 1.807) is 12.1 Å². The maximum atomic E-state index is 12.9. The largest absolute Gasteiger partial charge is 0.507 e. The zero-order valence-corrected chi connectivity index (χ0v) is 20.4. The topological polar surface area (TPSA) is 82.3 Å². The Morgan fingerprint density at radius 1 is 0.970 bits per heavy atom. The lowest BCUT2D eigenvalue weighted by Crippen LogP contribution is -2.27. The van der Waals surface area contributed by atoms with Crippen LogP contribution in [0.15, 0.2) is 80.3 Å². The molecular formula is C25H20BrN3O3S. The number of aryl methyl sites for hydroxylation is 2. The SMILES string of the molecule is Cc1ccc(N=Nc2ccc(O)c(/C=C3\SC(=O)N(Cc4ccccc4Br)C3=O)c2)cc1C. The van der Waals surface area contributed by atoms with Crippen molar-refractivity contribution in [3.05, 3.63) is 92.3 Å². The van der Waals surface area contributed by atoms with Crippen LogP contribution in [-0.2, 0) is 11.3 Å². The summed E-state index contributed by atoms with van der Waals surface area (Å²) in [7, 11) is 0. The molecule has 166 valence electrons. The quantitative estimate of drug-likeness (QED) is 0.279. The molecule has 0 atom stereocenters. The Morgan fingerprint density at radius 2 is 1.67 bits per heavy atom. The second-order valence-electron chi connectivity index (χ2n) is 7.57. The number of halogens is 1. The number of thioether (sulfide) groups is 1. The number of amides is 2. The smallest absolute Gasteiger partial charge is 0.293 e. The summed E-state index contributed by atoms with van der Waals surface area (Å²) in [6.45, 7) is 4.21. The molecule has 0 saturated carbocycles. The highest BCUT2D eigenvalue weighted by Gasteiger charge is 2.35. The number of hydrogen-bond acceptors (Lipinski definition) is 6. The fourth-order valence-electron chi connectivity index (χ4n) is 3.20. The summed E-state index contributed by atoms with van der Waals surface area (Å²) in [5.41, 5.74) is 4.76. The van der Waals surface area contributed by atoms with Crippen LogP contribution in [0.1, 0.15) is 22.3 Å². The molecule has 1 aliphatic rings. The molecule has 0 unspecified atom stereocenters. The molecule has 1 fully saturated rings. The number of benzene rings is 3. The number of phenolic OH excluding ortho intramolecular Hbond substituents is 1. The number of carbonyl (C=O) groups is 2. The lowest BCUT2D eigenvalue weighted by molar-refractivity contribution is -0.123. The summed E-state index contributed by atoms with van der Waals surface area (Å²) in [5, 5.41) is 18.4. The number of rotatable bonds is 5. The first-order valence-electron chi connectivity index (χ1n) is 10.1. The van der Waals surface area contributed by atoms with Crippen LogP contribution in [0, 0.1) is 13.8 Å². The third-order valence-electron chi connectivity index (χ3n) is 5.23. The van der Waals surface area contributed by atoms with Gasteiger partial charge in [0, 0.05) is 10.0 Å². The van der Waals surface area contributed by atoms with Gasteiger partial charge >= 0.3 is 0 Å². The van der Waals surface area contributed by atoms with Crippen molar-refractivity contribution in [3.63, 3.8) is 0 Å². The molecule has 4 rings (SSSR count). The Labute approximate surface area is 204 Å². The molecule has 0 bridgehead atoms. The summed E-state index contributed by atoms with van der Waals surface area (Å²) < 4.78 is 0.826. The summed E-state index contributed by atoms with van der Waals surface area (Å²) in [6.07, 6.45) is 1.51. The van der Waals surface area contributed by atoms with E-state index in [-0.39, 0.29) is 22.4 Å². The van der Waals surface area contributed by atoms with Crippen molar-refractivity contribution in [2.24, 2.45) is 10.2 Å². The van der Waals surface area contributed by atoms with E-state index in [1.165, 1.54) is 22.6 Å². The molecular weight excluding hydrogens is 502 g/mol. The second kappa shape index (κ2) is 9.72. The highest BCUT2D eigenvalue weighted by molar-refractivity contribution is 9.10. The molecule has 3 aromatic carbocycles. The van der Waals surface area contributed by atoms with Gasteiger partial charge in [-0.25, -0.2) is 0 Å². The van der Waals surface area contributed by atoms with E-state index < -0.39 is 5.91 Å². The first-order chi connectivity index (χ1) is 15.8. The van der Waals surface area contributed by atoms with Crippen molar-refractivity contribution in [3.8, 4) is 5.75 Å². The minimum absolute atomic E-state index is 0.0160. The Balaban J connectivity index is 1.56. The van der Waals surface area contributed by atoms with Gasteiger partial charge in [0.05, 0.1) is 22.8 Å². The van der Waals surface area contributed by atoms with Gasteiger partial charge in [-0.05, 0) is 84.8 Å². The summed E-state index contributed by atoms with van der Waals surface area (Å²) in [4.78, 5) is 26.8. The number of aromatic hydroxyl groups is 1. The van der Waals surface area contributed by atoms with Crippen LogP contribution in [0.3, 0.4) is 0 Å². The Hall–Kier alpha value is -3.23. The van der Waals surface area contributed by atoms with Crippen molar-refractivity contribution in [2.45, 2.75) is 20.4 Å².